The van der Waals surface area contributed by atoms with Crippen LogP contribution in [0.15, 0.2) is 24.3 Å². The molecule has 0 bridgehead atoms. The predicted octanol–water partition coefficient (Wildman–Crippen LogP) is 2.47. The van der Waals surface area contributed by atoms with Gasteiger partial charge in [-0.25, -0.2) is 0 Å². The molecule has 2 fully saturated rings. The first-order valence-electron chi connectivity index (χ1n) is 8.93. The lowest BCUT2D eigenvalue weighted by molar-refractivity contribution is -0.126. The van der Waals surface area contributed by atoms with Crippen LogP contribution in [-0.4, -0.2) is 66.8 Å². The van der Waals surface area contributed by atoms with Crippen LogP contribution < -0.4 is 5.32 Å². The maximum absolute atomic E-state index is 12.9. The topological polar surface area (TPSA) is 52.7 Å². The Morgan fingerprint density at radius 2 is 1.96 bits per heavy atom. The summed E-state index contributed by atoms with van der Waals surface area (Å²) >= 11 is 12.0. The number of amides is 1. The van der Waals surface area contributed by atoms with Gasteiger partial charge in [-0.05, 0) is 49.7 Å². The van der Waals surface area contributed by atoms with E-state index in [1.54, 1.807) is 24.3 Å². The second-order valence-electron chi connectivity index (χ2n) is 6.75. The summed E-state index contributed by atoms with van der Waals surface area (Å²) in [6.07, 6.45) is 5.62. The monoisotopic (exact) mass is 395 g/mol. The second-order valence-corrected chi connectivity index (χ2v) is 7.57. The number of carbonyl (C=O) groups is 2. The van der Waals surface area contributed by atoms with Gasteiger partial charge in [0, 0.05) is 19.6 Å². The Bertz CT molecular complexity index is 702. The van der Waals surface area contributed by atoms with Gasteiger partial charge in [0.1, 0.15) is 0 Å². The lowest BCUT2D eigenvalue weighted by atomic mass is 10.1. The highest BCUT2D eigenvalue weighted by Crippen LogP contribution is 2.23. The number of carbonyl (C=O) groups excluding carboxylic acids is 2. The number of halogens is 2. The number of likely N-dealkylation sites (tertiary alicyclic amines) is 1. The third-order valence-electron chi connectivity index (χ3n) is 4.84. The van der Waals surface area contributed by atoms with E-state index in [9.17, 15) is 9.59 Å². The number of ketones is 1. The molecule has 1 atom stereocenters. The molecule has 1 aromatic carbocycles. The van der Waals surface area contributed by atoms with Gasteiger partial charge in [0.05, 0.1) is 22.6 Å². The van der Waals surface area contributed by atoms with Crippen molar-refractivity contribution in [2.75, 3.05) is 39.3 Å². The third kappa shape index (κ3) is 5.07. The molecule has 1 N–H and O–H groups in total. The minimum Gasteiger partial charge on any atom is -0.354 e. The standard InChI is InChI=1S/C19H23Cl2N3O2/c20-15-5-3-14(11-16(15)21)4-6-18(25)17(24-8-1-2-9-24)12-23-10-7-22-19(26)13-23/h3-6,11,17H,1-2,7-10,12-13H2,(H,22,26)/b6-4+. The fourth-order valence-corrected chi connectivity index (χ4v) is 3.74. The summed E-state index contributed by atoms with van der Waals surface area (Å²) in [6.45, 7) is 4.21. The summed E-state index contributed by atoms with van der Waals surface area (Å²) in [7, 11) is 0. The number of hydrogen-bond acceptors (Lipinski definition) is 4. The van der Waals surface area contributed by atoms with E-state index in [0.29, 0.717) is 29.7 Å². The highest BCUT2D eigenvalue weighted by molar-refractivity contribution is 6.42. The third-order valence-corrected chi connectivity index (χ3v) is 5.58. The molecule has 140 valence electrons. The zero-order valence-corrected chi connectivity index (χ0v) is 16.1. The number of piperazine rings is 1. The van der Waals surface area contributed by atoms with Crippen LogP contribution in [-0.2, 0) is 9.59 Å². The Labute approximate surface area is 163 Å². The largest absolute Gasteiger partial charge is 0.354 e. The van der Waals surface area contributed by atoms with Crippen molar-refractivity contribution in [2.45, 2.75) is 18.9 Å². The van der Waals surface area contributed by atoms with Crippen LogP contribution in [0.4, 0.5) is 0 Å². The molecule has 0 saturated carbocycles. The molecule has 0 aromatic heterocycles. The number of nitrogens with zero attached hydrogens (tertiary/aromatic N) is 2. The van der Waals surface area contributed by atoms with Crippen molar-refractivity contribution in [3.8, 4) is 0 Å². The minimum absolute atomic E-state index is 0.0234. The summed E-state index contributed by atoms with van der Waals surface area (Å²) < 4.78 is 0. The van der Waals surface area contributed by atoms with Crippen molar-refractivity contribution in [2.24, 2.45) is 0 Å². The maximum atomic E-state index is 12.9. The predicted molar refractivity (Wildman–Crippen MR) is 105 cm³/mol. The fraction of sp³-hybridized carbons (Fsp3) is 0.474. The van der Waals surface area contributed by atoms with E-state index in [4.69, 9.17) is 23.2 Å². The van der Waals surface area contributed by atoms with Crippen molar-refractivity contribution in [1.29, 1.82) is 0 Å². The van der Waals surface area contributed by atoms with Crippen LogP contribution in [0, 0.1) is 0 Å². The van der Waals surface area contributed by atoms with Gasteiger partial charge >= 0.3 is 0 Å². The first kappa shape index (κ1) is 19.4. The summed E-state index contributed by atoms with van der Waals surface area (Å²) in [5.41, 5.74) is 0.838. The SMILES string of the molecule is O=C1CN(CC(C(=O)/C=C/c2ccc(Cl)c(Cl)c2)N2CCCC2)CCN1. The van der Waals surface area contributed by atoms with Gasteiger partial charge in [-0.1, -0.05) is 35.3 Å². The lowest BCUT2D eigenvalue weighted by Crippen LogP contribution is -2.54. The first-order valence-corrected chi connectivity index (χ1v) is 9.68. The Balaban J connectivity index is 1.70. The average Bonchev–Trinajstić information content (AvgIpc) is 3.15. The van der Waals surface area contributed by atoms with Crippen LogP contribution in [0.1, 0.15) is 18.4 Å². The molecule has 0 spiro atoms. The smallest absolute Gasteiger partial charge is 0.234 e. The zero-order valence-electron chi connectivity index (χ0n) is 14.6. The molecule has 7 heteroatoms. The molecule has 0 radical (unpaired) electrons. The highest BCUT2D eigenvalue weighted by atomic mass is 35.5. The van der Waals surface area contributed by atoms with Crippen LogP contribution in [0.2, 0.25) is 10.0 Å². The number of benzene rings is 1. The van der Waals surface area contributed by atoms with E-state index in [1.807, 2.05) is 6.07 Å². The Hall–Kier alpha value is -1.40. The van der Waals surface area contributed by atoms with E-state index in [1.165, 1.54) is 0 Å². The molecule has 1 unspecified atom stereocenters. The number of hydrogen-bond donors (Lipinski definition) is 1. The molecule has 0 aliphatic carbocycles. The molecule has 2 saturated heterocycles. The van der Waals surface area contributed by atoms with Crippen LogP contribution in [0.3, 0.4) is 0 Å². The summed E-state index contributed by atoms with van der Waals surface area (Å²) in [5.74, 6) is 0.0826. The van der Waals surface area contributed by atoms with Gasteiger partial charge in [0.15, 0.2) is 5.78 Å². The maximum Gasteiger partial charge on any atom is 0.234 e. The summed E-state index contributed by atoms with van der Waals surface area (Å²) in [4.78, 5) is 28.8. The Morgan fingerprint density at radius 1 is 1.19 bits per heavy atom. The number of nitrogens with one attached hydrogen (secondary N) is 1. The first-order chi connectivity index (χ1) is 12.5. The zero-order chi connectivity index (χ0) is 18.5. The molecule has 2 aliphatic heterocycles. The van der Waals surface area contributed by atoms with Crippen molar-refractivity contribution in [3.05, 3.63) is 39.9 Å². The van der Waals surface area contributed by atoms with E-state index < -0.39 is 0 Å². The molecule has 1 aromatic rings. The Kier molecular flexibility index (Phi) is 6.70. The summed E-state index contributed by atoms with van der Waals surface area (Å²) in [5, 5.41) is 3.79. The highest BCUT2D eigenvalue weighted by Gasteiger charge is 2.30. The molecule has 1 amide bonds. The van der Waals surface area contributed by atoms with Crippen LogP contribution in [0.5, 0.6) is 0 Å². The molecular weight excluding hydrogens is 373 g/mol. The van der Waals surface area contributed by atoms with Gasteiger partial charge in [-0.3, -0.25) is 19.4 Å². The normalized spacial score (nSPS) is 20.5. The van der Waals surface area contributed by atoms with Gasteiger partial charge in [-0.15, -0.1) is 0 Å². The average molecular weight is 396 g/mol. The van der Waals surface area contributed by atoms with Crippen LogP contribution in [0.25, 0.3) is 6.08 Å². The van der Waals surface area contributed by atoms with Gasteiger partial charge in [0.2, 0.25) is 5.91 Å². The van der Waals surface area contributed by atoms with E-state index in [2.05, 4.69) is 15.1 Å². The molecular formula is C19H23Cl2N3O2. The van der Waals surface area contributed by atoms with Crippen LogP contribution >= 0.6 is 23.2 Å². The Morgan fingerprint density at radius 3 is 2.65 bits per heavy atom. The second kappa shape index (κ2) is 9.00. The van der Waals surface area contributed by atoms with Crippen molar-refractivity contribution < 1.29 is 9.59 Å². The fourth-order valence-electron chi connectivity index (χ4n) is 3.44. The molecule has 3 rings (SSSR count). The van der Waals surface area contributed by atoms with Crippen molar-refractivity contribution in [1.82, 2.24) is 15.1 Å². The van der Waals surface area contributed by atoms with Gasteiger partial charge in [0.25, 0.3) is 0 Å². The van der Waals surface area contributed by atoms with Gasteiger partial charge in [-0.2, -0.15) is 0 Å². The lowest BCUT2D eigenvalue weighted by Gasteiger charge is -2.33. The van der Waals surface area contributed by atoms with Gasteiger partial charge < -0.3 is 5.32 Å². The molecule has 26 heavy (non-hydrogen) atoms. The van der Waals surface area contributed by atoms with Crippen molar-refractivity contribution >= 4 is 41.0 Å². The number of rotatable bonds is 6. The van der Waals surface area contributed by atoms with Crippen molar-refractivity contribution in [3.63, 3.8) is 0 Å². The molecule has 2 heterocycles. The van der Waals surface area contributed by atoms with E-state index in [0.717, 1.165) is 38.0 Å². The van der Waals surface area contributed by atoms with E-state index >= 15 is 0 Å². The molecule has 2 aliphatic rings. The quantitative estimate of drug-likeness (QED) is 0.751. The van der Waals surface area contributed by atoms with E-state index in [-0.39, 0.29) is 17.7 Å². The molecule has 5 nitrogen and oxygen atoms in total. The minimum atomic E-state index is -0.220. The summed E-state index contributed by atoms with van der Waals surface area (Å²) in [6, 6.07) is 5.08.